The maximum atomic E-state index is 11.7. The summed E-state index contributed by atoms with van der Waals surface area (Å²) in [6.45, 7) is 2.98. The maximum Gasteiger partial charge on any atom is 0.223 e. The largest absolute Gasteiger partial charge is 0.354 e. The summed E-state index contributed by atoms with van der Waals surface area (Å²) in [5.41, 5.74) is 0. The number of carbonyl (C=O) groups excluding carboxylic acids is 1. The summed E-state index contributed by atoms with van der Waals surface area (Å²) in [4.78, 5) is 13.9. The summed E-state index contributed by atoms with van der Waals surface area (Å²) < 4.78 is 0. The van der Waals surface area contributed by atoms with Gasteiger partial charge in [-0.2, -0.15) is 0 Å². The van der Waals surface area contributed by atoms with E-state index in [2.05, 4.69) is 31.2 Å². The molecule has 2 fully saturated rings. The molecule has 1 N–H and O–H groups in total. The van der Waals surface area contributed by atoms with Crippen molar-refractivity contribution in [1.29, 1.82) is 0 Å². The van der Waals surface area contributed by atoms with Crippen molar-refractivity contribution in [3.63, 3.8) is 0 Å². The summed E-state index contributed by atoms with van der Waals surface area (Å²) in [5.74, 6) is 2.02. The number of likely N-dealkylation sites (N-methyl/N-ethyl adjacent to an activating group) is 1. The third-order valence-electron chi connectivity index (χ3n) is 3.76. The molecule has 3 nitrogen and oxygen atoms in total. The third-order valence-corrected chi connectivity index (χ3v) is 3.76. The van der Waals surface area contributed by atoms with Crippen LogP contribution in [0.25, 0.3) is 0 Å². The summed E-state index contributed by atoms with van der Waals surface area (Å²) >= 11 is 0. The molecule has 15 heavy (non-hydrogen) atoms. The van der Waals surface area contributed by atoms with Crippen LogP contribution in [0.3, 0.4) is 0 Å². The molecule has 0 aromatic carbocycles. The average Bonchev–Trinajstić information content (AvgIpc) is 3.00. The Morgan fingerprint density at radius 1 is 1.47 bits per heavy atom. The molecule has 3 unspecified atom stereocenters. The Labute approximate surface area is 92.2 Å². The molecule has 0 aliphatic heterocycles. The molecular formula is C12H22N2O. The fraction of sp³-hybridized carbons (Fsp3) is 0.917. The topological polar surface area (TPSA) is 32.3 Å². The van der Waals surface area contributed by atoms with Gasteiger partial charge in [-0.3, -0.25) is 4.79 Å². The molecule has 0 spiro atoms. The van der Waals surface area contributed by atoms with Crippen LogP contribution in [0.4, 0.5) is 0 Å². The second kappa shape index (κ2) is 4.12. The number of nitrogens with one attached hydrogen (secondary N) is 1. The van der Waals surface area contributed by atoms with Crippen LogP contribution in [0.2, 0.25) is 0 Å². The minimum absolute atomic E-state index is 0.273. The molecule has 2 aliphatic rings. The van der Waals surface area contributed by atoms with Gasteiger partial charge in [-0.15, -0.1) is 0 Å². The Hall–Kier alpha value is -0.570. The smallest absolute Gasteiger partial charge is 0.223 e. The van der Waals surface area contributed by atoms with E-state index in [4.69, 9.17) is 0 Å². The molecule has 2 saturated carbocycles. The van der Waals surface area contributed by atoms with E-state index in [0.717, 1.165) is 18.9 Å². The van der Waals surface area contributed by atoms with Gasteiger partial charge in [-0.1, -0.05) is 6.92 Å². The first-order valence-corrected chi connectivity index (χ1v) is 6.03. The Morgan fingerprint density at radius 3 is 2.47 bits per heavy atom. The van der Waals surface area contributed by atoms with Crippen molar-refractivity contribution in [1.82, 2.24) is 10.2 Å². The van der Waals surface area contributed by atoms with Crippen LogP contribution < -0.4 is 5.32 Å². The Bertz CT molecular complexity index is 246. The quantitative estimate of drug-likeness (QED) is 0.737. The van der Waals surface area contributed by atoms with Gasteiger partial charge in [0.15, 0.2) is 0 Å². The van der Waals surface area contributed by atoms with Crippen LogP contribution in [0.1, 0.15) is 26.2 Å². The molecule has 0 bridgehead atoms. The van der Waals surface area contributed by atoms with E-state index >= 15 is 0 Å². The molecule has 2 aliphatic carbocycles. The number of nitrogens with zero attached hydrogens (tertiary/aromatic N) is 1. The van der Waals surface area contributed by atoms with Gasteiger partial charge in [0.1, 0.15) is 0 Å². The van der Waals surface area contributed by atoms with Gasteiger partial charge in [-0.25, -0.2) is 0 Å². The van der Waals surface area contributed by atoms with E-state index in [9.17, 15) is 4.79 Å². The lowest BCUT2D eigenvalue weighted by atomic mass is 10.1. The third kappa shape index (κ3) is 2.71. The van der Waals surface area contributed by atoms with Gasteiger partial charge in [-0.05, 0) is 45.2 Å². The van der Waals surface area contributed by atoms with Crippen LogP contribution in [0.15, 0.2) is 0 Å². The van der Waals surface area contributed by atoms with Gasteiger partial charge in [0.05, 0.1) is 0 Å². The van der Waals surface area contributed by atoms with Crippen molar-refractivity contribution in [2.75, 3.05) is 20.6 Å². The molecular weight excluding hydrogens is 188 g/mol. The molecule has 3 atom stereocenters. The van der Waals surface area contributed by atoms with Gasteiger partial charge in [0.25, 0.3) is 0 Å². The van der Waals surface area contributed by atoms with Gasteiger partial charge >= 0.3 is 0 Å². The summed E-state index contributed by atoms with van der Waals surface area (Å²) in [5, 5.41) is 3.10. The fourth-order valence-electron chi connectivity index (χ4n) is 2.28. The fourth-order valence-corrected chi connectivity index (χ4v) is 2.28. The van der Waals surface area contributed by atoms with Crippen molar-refractivity contribution < 1.29 is 4.79 Å². The van der Waals surface area contributed by atoms with E-state index in [1.807, 2.05) is 0 Å². The highest BCUT2D eigenvalue weighted by Gasteiger charge is 2.40. The first-order chi connectivity index (χ1) is 7.09. The van der Waals surface area contributed by atoms with Crippen LogP contribution in [-0.2, 0) is 4.79 Å². The zero-order valence-electron chi connectivity index (χ0n) is 9.99. The number of rotatable bonds is 5. The number of carbonyl (C=O) groups is 1. The average molecular weight is 210 g/mol. The molecule has 0 radical (unpaired) electrons. The first kappa shape index (κ1) is 10.9. The van der Waals surface area contributed by atoms with Crippen molar-refractivity contribution >= 4 is 5.91 Å². The minimum atomic E-state index is 0.273. The summed E-state index contributed by atoms with van der Waals surface area (Å²) in [6, 6.07) is 0.544. The molecule has 0 saturated heterocycles. The standard InChI is InChI=1S/C12H22N2O/c1-8-6-10(8)12(15)13-7-11(14(2)3)9-4-5-9/h8-11H,4-7H2,1-3H3,(H,13,15). The SMILES string of the molecule is CC1CC1C(=O)NCC(C1CC1)N(C)C. The number of hydrogen-bond acceptors (Lipinski definition) is 2. The van der Waals surface area contributed by atoms with Crippen molar-refractivity contribution in [2.45, 2.75) is 32.2 Å². The highest BCUT2D eigenvalue weighted by molar-refractivity contribution is 5.81. The van der Waals surface area contributed by atoms with Gasteiger partial charge < -0.3 is 10.2 Å². The summed E-state index contributed by atoms with van der Waals surface area (Å²) in [7, 11) is 4.21. The molecule has 2 rings (SSSR count). The van der Waals surface area contributed by atoms with E-state index in [1.165, 1.54) is 12.8 Å². The van der Waals surface area contributed by atoms with Crippen molar-refractivity contribution in [3.8, 4) is 0 Å². The molecule has 0 heterocycles. The van der Waals surface area contributed by atoms with Crippen LogP contribution in [0, 0.1) is 17.8 Å². The molecule has 1 amide bonds. The molecule has 3 heteroatoms. The molecule has 0 aromatic rings. The maximum absolute atomic E-state index is 11.7. The normalized spacial score (nSPS) is 31.5. The minimum Gasteiger partial charge on any atom is -0.354 e. The van der Waals surface area contributed by atoms with Crippen LogP contribution in [-0.4, -0.2) is 37.5 Å². The monoisotopic (exact) mass is 210 g/mol. The van der Waals surface area contributed by atoms with Crippen molar-refractivity contribution in [2.24, 2.45) is 17.8 Å². The van der Waals surface area contributed by atoms with E-state index in [-0.39, 0.29) is 5.91 Å². The van der Waals surface area contributed by atoms with Crippen LogP contribution >= 0.6 is 0 Å². The lowest BCUT2D eigenvalue weighted by molar-refractivity contribution is -0.122. The van der Waals surface area contributed by atoms with E-state index in [1.54, 1.807) is 0 Å². The van der Waals surface area contributed by atoms with Gasteiger partial charge in [0.2, 0.25) is 5.91 Å². The second-order valence-corrected chi connectivity index (χ2v) is 5.43. The lowest BCUT2D eigenvalue weighted by Crippen LogP contribution is -2.42. The number of hydrogen-bond donors (Lipinski definition) is 1. The van der Waals surface area contributed by atoms with Gasteiger partial charge in [0, 0.05) is 18.5 Å². The number of amides is 1. The second-order valence-electron chi connectivity index (χ2n) is 5.43. The molecule has 86 valence electrons. The highest BCUT2D eigenvalue weighted by atomic mass is 16.2. The summed E-state index contributed by atoms with van der Waals surface area (Å²) in [6.07, 6.45) is 3.75. The molecule has 0 aromatic heterocycles. The Kier molecular flexibility index (Phi) is 3.01. The predicted octanol–water partition coefficient (Wildman–Crippen LogP) is 1.10. The van der Waals surface area contributed by atoms with E-state index < -0.39 is 0 Å². The lowest BCUT2D eigenvalue weighted by Gasteiger charge is -2.24. The zero-order valence-corrected chi connectivity index (χ0v) is 9.99. The predicted molar refractivity (Wildman–Crippen MR) is 60.5 cm³/mol. The van der Waals surface area contributed by atoms with Crippen molar-refractivity contribution in [3.05, 3.63) is 0 Å². The van der Waals surface area contributed by atoms with Crippen LogP contribution in [0.5, 0.6) is 0 Å². The first-order valence-electron chi connectivity index (χ1n) is 6.03. The highest BCUT2D eigenvalue weighted by Crippen LogP contribution is 2.38. The Balaban J connectivity index is 1.73. The van der Waals surface area contributed by atoms with E-state index in [0.29, 0.717) is 17.9 Å². The zero-order chi connectivity index (χ0) is 11.0. The Morgan fingerprint density at radius 2 is 2.07 bits per heavy atom.